The van der Waals surface area contributed by atoms with Crippen LogP contribution < -0.4 is 0 Å². The van der Waals surface area contributed by atoms with E-state index < -0.39 is 0 Å². The highest BCUT2D eigenvalue weighted by atomic mass is 35.5. The van der Waals surface area contributed by atoms with Crippen molar-refractivity contribution in [2.75, 3.05) is 26.9 Å². The fourth-order valence-corrected chi connectivity index (χ4v) is 3.04. The van der Waals surface area contributed by atoms with Gasteiger partial charge in [0.25, 0.3) is 0 Å². The lowest BCUT2D eigenvalue weighted by atomic mass is 9.91. The smallest absolute Gasteiger partial charge is 0.100 e. The molecule has 0 spiro atoms. The van der Waals surface area contributed by atoms with Gasteiger partial charge in [-0.1, -0.05) is 6.07 Å². The third-order valence-electron chi connectivity index (χ3n) is 3.04. The zero-order valence-electron chi connectivity index (χ0n) is 10.5. The summed E-state index contributed by atoms with van der Waals surface area (Å²) in [5.41, 5.74) is 0. The van der Waals surface area contributed by atoms with E-state index in [9.17, 15) is 0 Å². The predicted molar refractivity (Wildman–Crippen MR) is 73.6 cm³/mol. The molecule has 102 valence electrons. The molecule has 0 aromatic carbocycles. The summed E-state index contributed by atoms with van der Waals surface area (Å²) in [6.07, 6.45) is 2.00. The van der Waals surface area contributed by atoms with Crippen molar-refractivity contribution >= 4 is 22.9 Å². The van der Waals surface area contributed by atoms with Crippen LogP contribution >= 0.6 is 22.9 Å². The number of hydrogen-bond acceptors (Lipinski definition) is 4. The number of hydrogen-bond donors (Lipinski definition) is 0. The molecule has 1 saturated carbocycles. The second kappa shape index (κ2) is 7.46. The minimum Gasteiger partial charge on any atom is -0.382 e. The Kier molecular flexibility index (Phi) is 5.92. The Morgan fingerprint density at radius 3 is 2.89 bits per heavy atom. The molecule has 1 aliphatic rings. The SMILES string of the molecule is COCCOC1C(Cl)CC1OCCc1cccs1. The molecule has 0 N–H and O–H groups in total. The maximum absolute atomic E-state index is 6.12. The van der Waals surface area contributed by atoms with Gasteiger partial charge < -0.3 is 14.2 Å². The van der Waals surface area contributed by atoms with Crippen LogP contribution in [0.1, 0.15) is 11.3 Å². The Hall–Kier alpha value is -0.130. The van der Waals surface area contributed by atoms with E-state index in [1.54, 1.807) is 18.4 Å². The van der Waals surface area contributed by atoms with E-state index in [1.807, 2.05) is 0 Å². The molecule has 3 atom stereocenters. The summed E-state index contributed by atoms with van der Waals surface area (Å²) in [6.45, 7) is 1.91. The van der Waals surface area contributed by atoms with Crippen LogP contribution in [0.15, 0.2) is 17.5 Å². The van der Waals surface area contributed by atoms with E-state index >= 15 is 0 Å². The van der Waals surface area contributed by atoms with Crippen LogP contribution in [-0.2, 0) is 20.6 Å². The highest BCUT2D eigenvalue weighted by Crippen LogP contribution is 2.32. The Morgan fingerprint density at radius 2 is 2.22 bits per heavy atom. The van der Waals surface area contributed by atoms with Gasteiger partial charge in [-0.2, -0.15) is 0 Å². The van der Waals surface area contributed by atoms with Gasteiger partial charge in [-0.3, -0.25) is 0 Å². The molecule has 0 amide bonds. The molecule has 1 aliphatic carbocycles. The largest absolute Gasteiger partial charge is 0.382 e. The summed E-state index contributed by atoms with van der Waals surface area (Å²) >= 11 is 7.89. The fourth-order valence-electron chi connectivity index (χ4n) is 1.94. The first-order valence-corrected chi connectivity index (χ1v) is 7.51. The standard InChI is InChI=1S/C13H19ClO3S/c1-15-6-7-17-13-11(14)9-12(13)16-5-4-10-3-2-8-18-10/h2-3,8,11-13H,4-7,9H2,1H3. The molecule has 0 radical (unpaired) electrons. The molecule has 1 heterocycles. The van der Waals surface area contributed by atoms with Crippen LogP contribution in [0.5, 0.6) is 0 Å². The summed E-state index contributed by atoms with van der Waals surface area (Å²) in [4.78, 5) is 1.36. The quantitative estimate of drug-likeness (QED) is 0.544. The lowest BCUT2D eigenvalue weighted by Gasteiger charge is -2.40. The Bertz CT molecular complexity index is 331. The molecule has 0 aliphatic heterocycles. The first-order valence-electron chi connectivity index (χ1n) is 6.20. The van der Waals surface area contributed by atoms with Crippen molar-refractivity contribution in [3.8, 4) is 0 Å². The first-order chi connectivity index (χ1) is 8.81. The second-order valence-corrected chi connectivity index (χ2v) is 5.91. The highest BCUT2D eigenvalue weighted by molar-refractivity contribution is 7.09. The third kappa shape index (κ3) is 3.93. The van der Waals surface area contributed by atoms with Gasteiger partial charge in [0.1, 0.15) is 6.10 Å². The van der Waals surface area contributed by atoms with Crippen LogP contribution in [0.2, 0.25) is 0 Å². The molecule has 3 nitrogen and oxygen atoms in total. The van der Waals surface area contributed by atoms with Gasteiger partial charge in [0.05, 0.1) is 31.3 Å². The van der Waals surface area contributed by atoms with Crippen LogP contribution in [-0.4, -0.2) is 44.5 Å². The van der Waals surface area contributed by atoms with E-state index in [0.717, 1.165) is 19.4 Å². The molecule has 1 fully saturated rings. The summed E-state index contributed by atoms with van der Waals surface area (Å²) in [5.74, 6) is 0. The minimum absolute atomic E-state index is 0.0187. The zero-order valence-corrected chi connectivity index (χ0v) is 12.1. The lowest BCUT2D eigenvalue weighted by molar-refractivity contribution is -0.129. The van der Waals surface area contributed by atoms with Crippen LogP contribution in [0.25, 0.3) is 0 Å². The van der Waals surface area contributed by atoms with Gasteiger partial charge in [0.15, 0.2) is 0 Å². The number of alkyl halides is 1. The van der Waals surface area contributed by atoms with Crippen molar-refractivity contribution in [1.82, 2.24) is 0 Å². The molecule has 1 aromatic rings. The predicted octanol–water partition coefficient (Wildman–Crippen LogP) is 2.72. The van der Waals surface area contributed by atoms with Crippen LogP contribution in [0.3, 0.4) is 0 Å². The molecule has 3 unspecified atom stereocenters. The molecule has 2 rings (SSSR count). The van der Waals surface area contributed by atoms with Crippen molar-refractivity contribution < 1.29 is 14.2 Å². The fraction of sp³-hybridized carbons (Fsp3) is 0.692. The second-order valence-electron chi connectivity index (χ2n) is 4.32. The van der Waals surface area contributed by atoms with Gasteiger partial charge >= 0.3 is 0 Å². The van der Waals surface area contributed by atoms with Crippen molar-refractivity contribution in [2.45, 2.75) is 30.4 Å². The van der Waals surface area contributed by atoms with E-state index in [2.05, 4.69) is 17.5 Å². The van der Waals surface area contributed by atoms with E-state index in [0.29, 0.717) is 13.2 Å². The van der Waals surface area contributed by atoms with Crippen molar-refractivity contribution in [1.29, 1.82) is 0 Å². The van der Waals surface area contributed by atoms with Crippen LogP contribution in [0.4, 0.5) is 0 Å². The molecular weight excluding hydrogens is 272 g/mol. The average Bonchev–Trinajstić information content (AvgIpc) is 2.86. The van der Waals surface area contributed by atoms with E-state index in [4.69, 9.17) is 25.8 Å². The average molecular weight is 291 g/mol. The van der Waals surface area contributed by atoms with Gasteiger partial charge in [0, 0.05) is 18.4 Å². The molecule has 0 bridgehead atoms. The van der Waals surface area contributed by atoms with E-state index in [-0.39, 0.29) is 17.6 Å². The lowest BCUT2D eigenvalue weighted by Crippen LogP contribution is -2.51. The van der Waals surface area contributed by atoms with Gasteiger partial charge in [-0.05, 0) is 17.9 Å². The van der Waals surface area contributed by atoms with Crippen molar-refractivity contribution in [2.24, 2.45) is 0 Å². The molecule has 18 heavy (non-hydrogen) atoms. The topological polar surface area (TPSA) is 27.7 Å². The van der Waals surface area contributed by atoms with Gasteiger partial charge in [0.2, 0.25) is 0 Å². The Balaban J connectivity index is 1.63. The summed E-state index contributed by atoms with van der Waals surface area (Å²) < 4.78 is 16.4. The number of methoxy groups -OCH3 is 1. The third-order valence-corrected chi connectivity index (χ3v) is 4.40. The number of ether oxygens (including phenoxy) is 3. The van der Waals surface area contributed by atoms with Gasteiger partial charge in [-0.15, -0.1) is 22.9 Å². The first kappa shape index (κ1) is 14.3. The number of rotatable bonds is 8. The van der Waals surface area contributed by atoms with Crippen molar-refractivity contribution in [3.63, 3.8) is 0 Å². The van der Waals surface area contributed by atoms with Gasteiger partial charge in [-0.25, -0.2) is 0 Å². The van der Waals surface area contributed by atoms with Crippen LogP contribution in [0, 0.1) is 0 Å². The summed E-state index contributed by atoms with van der Waals surface area (Å²) in [6, 6.07) is 4.19. The number of halogens is 1. The zero-order chi connectivity index (χ0) is 12.8. The summed E-state index contributed by atoms with van der Waals surface area (Å²) in [7, 11) is 1.66. The normalized spacial score (nSPS) is 27.1. The minimum atomic E-state index is 0.0187. The monoisotopic (exact) mass is 290 g/mol. The maximum atomic E-state index is 6.12. The molecule has 0 saturated heterocycles. The van der Waals surface area contributed by atoms with E-state index in [1.165, 1.54) is 4.88 Å². The highest BCUT2D eigenvalue weighted by Gasteiger charge is 2.41. The molecule has 1 aromatic heterocycles. The number of thiophene rings is 1. The summed E-state index contributed by atoms with van der Waals surface area (Å²) in [5, 5.41) is 2.16. The Labute approximate surface area is 117 Å². The Morgan fingerprint density at radius 1 is 1.33 bits per heavy atom. The molecule has 5 heteroatoms. The van der Waals surface area contributed by atoms with Crippen molar-refractivity contribution in [3.05, 3.63) is 22.4 Å². The maximum Gasteiger partial charge on any atom is 0.100 e. The molecular formula is C13H19ClO3S.